The predicted octanol–water partition coefficient (Wildman–Crippen LogP) is 1.02. The van der Waals surface area contributed by atoms with Gasteiger partial charge in [0.05, 0.1) is 11.3 Å². The van der Waals surface area contributed by atoms with Gasteiger partial charge in [0.25, 0.3) is 5.91 Å². The molecule has 148 valence electrons. The monoisotopic (exact) mass is 410 g/mol. The molecule has 1 atom stereocenters. The lowest BCUT2D eigenvalue weighted by Gasteiger charge is -2.40. The van der Waals surface area contributed by atoms with Crippen molar-refractivity contribution in [3.8, 4) is 0 Å². The number of guanidine groups is 1. The number of benzene rings is 1. The largest absolute Gasteiger partial charge is 0.345 e. The van der Waals surface area contributed by atoms with E-state index in [1.54, 1.807) is 0 Å². The molecule has 1 aromatic carbocycles. The SMILES string of the molecule is CN1C(=N)N[C@](C)(c2cc(NC(=O)c3cccnn3)cc(F)c2F)CS1(=O)=O. The topological polar surface area (TPSA) is 128 Å². The maximum Gasteiger partial charge on any atom is 0.276 e. The summed E-state index contributed by atoms with van der Waals surface area (Å²) in [7, 11) is -2.74. The van der Waals surface area contributed by atoms with Crippen LogP contribution >= 0.6 is 0 Å². The molecule has 12 heteroatoms. The molecule has 9 nitrogen and oxygen atoms in total. The van der Waals surface area contributed by atoms with Gasteiger partial charge in [0.2, 0.25) is 16.0 Å². The van der Waals surface area contributed by atoms with Gasteiger partial charge >= 0.3 is 0 Å². The maximum absolute atomic E-state index is 14.5. The molecule has 2 aromatic rings. The van der Waals surface area contributed by atoms with Gasteiger partial charge in [-0.2, -0.15) is 5.10 Å². The third-order valence-electron chi connectivity index (χ3n) is 4.28. The molecule has 28 heavy (non-hydrogen) atoms. The standard InChI is InChI=1S/C16H16F2N6O3S/c1-16(8-28(26,27)24(2)15(19)22-16)10-6-9(7-11(17)13(10)18)21-14(25)12-4-3-5-20-23-12/h3-7H,8H2,1-2H3,(H2,19,22)(H,21,25)/t16-/m0/s1. The van der Waals surface area contributed by atoms with Crippen molar-refractivity contribution in [1.82, 2.24) is 19.8 Å². The Morgan fingerprint density at radius 3 is 2.71 bits per heavy atom. The van der Waals surface area contributed by atoms with E-state index in [0.717, 1.165) is 12.1 Å². The molecule has 0 aliphatic carbocycles. The summed E-state index contributed by atoms with van der Waals surface area (Å²) in [6.07, 6.45) is 1.37. The molecule has 1 saturated heterocycles. The van der Waals surface area contributed by atoms with Crippen LogP contribution < -0.4 is 10.6 Å². The van der Waals surface area contributed by atoms with E-state index < -0.39 is 44.8 Å². The van der Waals surface area contributed by atoms with Crippen LogP contribution in [0.5, 0.6) is 0 Å². The highest BCUT2D eigenvalue weighted by Gasteiger charge is 2.44. The fourth-order valence-electron chi connectivity index (χ4n) is 2.80. The number of sulfonamides is 1. The van der Waals surface area contributed by atoms with Crippen molar-refractivity contribution < 1.29 is 22.0 Å². The molecule has 1 fully saturated rings. The molecule has 2 heterocycles. The zero-order valence-corrected chi connectivity index (χ0v) is 15.6. The van der Waals surface area contributed by atoms with Crippen LogP contribution in [0.3, 0.4) is 0 Å². The molecule has 0 unspecified atom stereocenters. The van der Waals surface area contributed by atoms with Crippen molar-refractivity contribution in [2.45, 2.75) is 12.5 Å². The Bertz CT molecular complexity index is 1060. The molecule has 0 bridgehead atoms. The van der Waals surface area contributed by atoms with E-state index >= 15 is 0 Å². The van der Waals surface area contributed by atoms with Crippen molar-refractivity contribution in [3.63, 3.8) is 0 Å². The number of nitrogens with zero attached hydrogens (tertiary/aromatic N) is 3. The highest BCUT2D eigenvalue weighted by atomic mass is 32.2. The number of anilines is 1. The predicted molar refractivity (Wildman–Crippen MR) is 96.1 cm³/mol. The minimum absolute atomic E-state index is 0.0400. The number of rotatable bonds is 3. The number of hydrogen-bond donors (Lipinski definition) is 3. The summed E-state index contributed by atoms with van der Waals surface area (Å²) in [5.74, 6) is -4.36. The smallest absolute Gasteiger partial charge is 0.276 e. The van der Waals surface area contributed by atoms with Gasteiger partial charge < -0.3 is 10.6 Å². The second-order valence-electron chi connectivity index (χ2n) is 6.41. The van der Waals surface area contributed by atoms with E-state index in [0.29, 0.717) is 4.31 Å². The van der Waals surface area contributed by atoms with Crippen molar-refractivity contribution in [3.05, 3.63) is 53.4 Å². The van der Waals surface area contributed by atoms with E-state index in [-0.39, 0.29) is 16.9 Å². The van der Waals surface area contributed by atoms with Crippen LogP contribution in [-0.4, -0.2) is 47.6 Å². The van der Waals surface area contributed by atoms with E-state index in [1.165, 1.54) is 32.3 Å². The number of nitrogens with one attached hydrogen (secondary N) is 3. The number of carbonyl (C=O) groups excluding carboxylic acids is 1. The van der Waals surface area contributed by atoms with Crippen LogP contribution in [0, 0.1) is 17.0 Å². The Balaban J connectivity index is 2.00. The van der Waals surface area contributed by atoms with E-state index in [4.69, 9.17) is 5.41 Å². The Kier molecular flexibility index (Phi) is 4.75. The van der Waals surface area contributed by atoms with Gasteiger partial charge in [-0.05, 0) is 25.1 Å². The lowest BCUT2D eigenvalue weighted by Crippen LogP contribution is -2.61. The first kappa shape index (κ1) is 19.6. The van der Waals surface area contributed by atoms with Crippen LogP contribution in [0.4, 0.5) is 14.5 Å². The van der Waals surface area contributed by atoms with Crippen molar-refractivity contribution in [2.24, 2.45) is 0 Å². The average Bonchev–Trinajstić information content (AvgIpc) is 2.62. The lowest BCUT2D eigenvalue weighted by molar-refractivity contribution is 0.102. The summed E-state index contributed by atoms with van der Waals surface area (Å²) in [5.41, 5.74) is -2.11. The van der Waals surface area contributed by atoms with Gasteiger partial charge in [-0.1, -0.05) is 0 Å². The molecule has 1 aromatic heterocycles. The molecule has 0 saturated carbocycles. The van der Waals surface area contributed by atoms with Gasteiger partial charge in [0.15, 0.2) is 17.3 Å². The molecular formula is C16H16F2N6O3S. The van der Waals surface area contributed by atoms with Crippen LogP contribution in [0.1, 0.15) is 23.0 Å². The second-order valence-corrected chi connectivity index (χ2v) is 8.41. The Hall–Kier alpha value is -3.15. The van der Waals surface area contributed by atoms with Gasteiger partial charge in [0, 0.05) is 30.6 Å². The van der Waals surface area contributed by atoms with Gasteiger partial charge in [-0.15, -0.1) is 5.10 Å². The Morgan fingerprint density at radius 1 is 1.39 bits per heavy atom. The number of halogens is 2. The van der Waals surface area contributed by atoms with Crippen molar-refractivity contribution in [2.75, 3.05) is 18.1 Å². The first-order chi connectivity index (χ1) is 13.0. The minimum atomic E-state index is -3.92. The number of carbonyl (C=O) groups is 1. The van der Waals surface area contributed by atoms with Gasteiger partial charge in [-0.25, -0.2) is 21.5 Å². The van der Waals surface area contributed by atoms with Crippen LogP contribution in [0.2, 0.25) is 0 Å². The molecule has 1 aliphatic heterocycles. The lowest BCUT2D eigenvalue weighted by atomic mass is 9.92. The fraction of sp³-hybridized carbons (Fsp3) is 0.250. The third-order valence-corrected chi connectivity index (χ3v) is 6.24. The molecule has 1 amide bonds. The average molecular weight is 410 g/mol. The highest BCUT2D eigenvalue weighted by Crippen LogP contribution is 2.32. The summed E-state index contributed by atoms with van der Waals surface area (Å²) in [6.45, 7) is 1.33. The Labute approximate surface area is 159 Å². The number of amides is 1. The summed E-state index contributed by atoms with van der Waals surface area (Å²) in [5, 5.41) is 19.9. The van der Waals surface area contributed by atoms with Crippen LogP contribution in [-0.2, 0) is 15.6 Å². The minimum Gasteiger partial charge on any atom is -0.345 e. The molecule has 3 N–H and O–H groups in total. The molecule has 3 rings (SSSR count). The van der Waals surface area contributed by atoms with Gasteiger partial charge in [0.1, 0.15) is 0 Å². The van der Waals surface area contributed by atoms with Crippen molar-refractivity contribution >= 4 is 27.6 Å². The van der Waals surface area contributed by atoms with Gasteiger partial charge in [-0.3, -0.25) is 10.2 Å². The maximum atomic E-state index is 14.5. The Morgan fingerprint density at radius 2 is 2.11 bits per heavy atom. The first-order valence-corrected chi connectivity index (χ1v) is 9.56. The highest BCUT2D eigenvalue weighted by molar-refractivity contribution is 7.89. The molecular weight excluding hydrogens is 394 g/mol. The third kappa shape index (κ3) is 3.50. The normalized spacial score (nSPS) is 21.1. The number of aromatic nitrogens is 2. The fourth-order valence-corrected chi connectivity index (χ4v) is 4.28. The summed E-state index contributed by atoms with van der Waals surface area (Å²) >= 11 is 0. The summed E-state index contributed by atoms with van der Waals surface area (Å²) < 4.78 is 54.0. The zero-order valence-electron chi connectivity index (χ0n) is 14.8. The number of hydrogen-bond acceptors (Lipinski definition) is 6. The molecule has 0 spiro atoms. The molecule has 0 radical (unpaired) electrons. The van der Waals surface area contributed by atoms with Crippen molar-refractivity contribution in [1.29, 1.82) is 5.41 Å². The van der Waals surface area contributed by atoms with E-state index in [1.807, 2.05) is 0 Å². The second kappa shape index (κ2) is 6.78. The molecule has 1 aliphatic rings. The quantitative estimate of drug-likeness (QED) is 0.693. The van der Waals surface area contributed by atoms with Crippen LogP contribution in [0.25, 0.3) is 0 Å². The van der Waals surface area contributed by atoms with Crippen LogP contribution in [0.15, 0.2) is 30.5 Å². The zero-order chi connectivity index (χ0) is 20.7. The summed E-state index contributed by atoms with van der Waals surface area (Å²) in [4.78, 5) is 12.2. The summed E-state index contributed by atoms with van der Waals surface area (Å²) in [6, 6.07) is 4.76. The van der Waals surface area contributed by atoms with E-state index in [2.05, 4.69) is 20.8 Å². The van der Waals surface area contributed by atoms with E-state index in [9.17, 15) is 22.0 Å². The first-order valence-electron chi connectivity index (χ1n) is 7.95.